The van der Waals surface area contributed by atoms with E-state index in [2.05, 4.69) is 57.1 Å². The summed E-state index contributed by atoms with van der Waals surface area (Å²) < 4.78 is 0. The Morgan fingerprint density at radius 1 is 1.23 bits per heavy atom. The highest BCUT2D eigenvalue weighted by molar-refractivity contribution is 5.73. The lowest BCUT2D eigenvalue weighted by Gasteiger charge is -2.27. The fourth-order valence-corrected chi connectivity index (χ4v) is 2.52. The molecule has 1 atom stereocenters. The smallest absolute Gasteiger partial charge is 0.317 e. The highest BCUT2D eigenvalue weighted by Gasteiger charge is 2.15. The van der Waals surface area contributed by atoms with Gasteiger partial charge < -0.3 is 15.1 Å². The monoisotopic (exact) mass is 305 g/mol. The zero-order valence-corrected chi connectivity index (χ0v) is 14.9. The summed E-state index contributed by atoms with van der Waals surface area (Å²) in [5, 5.41) is 3.05. The molecule has 4 heteroatoms. The Labute approximate surface area is 135 Å². The van der Waals surface area contributed by atoms with Gasteiger partial charge in [-0.15, -0.1) is 0 Å². The van der Waals surface area contributed by atoms with Gasteiger partial charge in [0.05, 0.1) is 0 Å². The average molecular weight is 305 g/mol. The molecule has 0 aliphatic heterocycles. The number of carbonyl (C=O) groups is 1. The summed E-state index contributed by atoms with van der Waals surface area (Å²) in [6.07, 6.45) is 1.03. The van der Waals surface area contributed by atoms with Gasteiger partial charge in [-0.3, -0.25) is 0 Å². The van der Waals surface area contributed by atoms with Crippen molar-refractivity contribution in [1.29, 1.82) is 0 Å². The molecule has 0 aromatic heterocycles. The minimum Gasteiger partial charge on any atom is -0.336 e. The Morgan fingerprint density at radius 2 is 1.91 bits per heavy atom. The maximum absolute atomic E-state index is 12.3. The van der Waals surface area contributed by atoms with Crippen LogP contribution in [0, 0.1) is 13.8 Å². The molecule has 0 fully saturated rings. The third kappa shape index (κ3) is 5.02. The highest BCUT2D eigenvalue weighted by Crippen LogP contribution is 2.14. The number of carbonyl (C=O) groups excluding carboxylic acids is 1. The van der Waals surface area contributed by atoms with Gasteiger partial charge in [-0.1, -0.05) is 32.0 Å². The summed E-state index contributed by atoms with van der Waals surface area (Å²) in [6, 6.07) is 6.62. The molecule has 0 radical (unpaired) electrons. The summed E-state index contributed by atoms with van der Waals surface area (Å²) in [7, 11) is 3.95. The average Bonchev–Trinajstić information content (AvgIpc) is 2.51. The van der Waals surface area contributed by atoms with Gasteiger partial charge in [0.1, 0.15) is 0 Å². The Balaban J connectivity index is 2.56. The Kier molecular flexibility index (Phi) is 7.39. The molecule has 2 amide bonds. The first-order chi connectivity index (χ1) is 10.4. The second-order valence-corrected chi connectivity index (χ2v) is 6.04. The summed E-state index contributed by atoms with van der Waals surface area (Å²) in [5.74, 6) is 0. The van der Waals surface area contributed by atoms with Crippen molar-refractivity contribution in [2.45, 2.75) is 46.7 Å². The van der Waals surface area contributed by atoms with Crippen LogP contribution in [-0.4, -0.2) is 49.1 Å². The molecular formula is C18H31N3O. The predicted molar refractivity (Wildman–Crippen MR) is 93.2 cm³/mol. The number of likely N-dealkylation sites (N-methyl/N-ethyl adjacent to an activating group) is 1. The second-order valence-electron chi connectivity index (χ2n) is 6.04. The van der Waals surface area contributed by atoms with Gasteiger partial charge in [0.2, 0.25) is 0 Å². The Bertz CT molecular complexity index is 487. The van der Waals surface area contributed by atoms with Gasteiger partial charge in [0, 0.05) is 26.2 Å². The summed E-state index contributed by atoms with van der Waals surface area (Å²) in [4.78, 5) is 16.3. The molecule has 22 heavy (non-hydrogen) atoms. The summed E-state index contributed by atoms with van der Waals surface area (Å²) in [5.41, 5.74) is 3.73. The van der Waals surface area contributed by atoms with Crippen molar-refractivity contribution in [3.05, 3.63) is 34.9 Å². The molecule has 0 aliphatic carbocycles. The topological polar surface area (TPSA) is 35.6 Å². The fourth-order valence-electron chi connectivity index (χ4n) is 2.52. The summed E-state index contributed by atoms with van der Waals surface area (Å²) >= 11 is 0. The van der Waals surface area contributed by atoms with Crippen LogP contribution in [0.1, 0.15) is 37.0 Å². The SMILES string of the molecule is CC[C@H](CNC(=O)N(C)Cc1cccc(C)c1C)N(C)CC. The van der Waals surface area contributed by atoms with Crippen LogP contribution in [0.15, 0.2) is 18.2 Å². The lowest BCUT2D eigenvalue weighted by Crippen LogP contribution is -2.45. The first-order valence-electron chi connectivity index (χ1n) is 8.14. The van der Waals surface area contributed by atoms with Crippen molar-refractivity contribution in [1.82, 2.24) is 15.1 Å². The molecule has 1 aromatic carbocycles. The number of aryl methyl sites for hydroxylation is 1. The van der Waals surface area contributed by atoms with E-state index in [0.29, 0.717) is 19.1 Å². The number of rotatable bonds is 7. The van der Waals surface area contributed by atoms with E-state index in [9.17, 15) is 4.79 Å². The van der Waals surface area contributed by atoms with E-state index in [1.54, 1.807) is 4.90 Å². The zero-order valence-electron chi connectivity index (χ0n) is 14.9. The van der Waals surface area contributed by atoms with E-state index in [1.807, 2.05) is 13.1 Å². The standard InChI is InChI=1S/C18H31N3O/c1-7-17(20(5)8-2)12-19-18(22)21(6)13-16-11-9-10-14(3)15(16)4/h9-11,17H,7-8,12-13H2,1-6H3,(H,19,22)/t17-/m1/s1. The fraction of sp³-hybridized carbons (Fsp3) is 0.611. The molecular weight excluding hydrogens is 274 g/mol. The molecule has 0 saturated carbocycles. The number of hydrogen-bond donors (Lipinski definition) is 1. The lowest BCUT2D eigenvalue weighted by molar-refractivity contribution is 0.195. The van der Waals surface area contributed by atoms with E-state index in [-0.39, 0.29) is 6.03 Å². The van der Waals surface area contributed by atoms with Crippen molar-refractivity contribution < 1.29 is 4.79 Å². The molecule has 0 unspecified atom stereocenters. The van der Waals surface area contributed by atoms with Gasteiger partial charge >= 0.3 is 6.03 Å². The third-order valence-corrected chi connectivity index (χ3v) is 4.55. The number of nitrogens with zero attached hydrogens (tertiary/aromatic N) is 2. The minimum absolute atomic E-state index is 0.0103. The van der Waals surface area contributed by atoms with Crippen LogP contribution >= 0.6 is 0 Å². The number of urea groups is 1. The van der Waals surface area contributed by atoms with Crippen LogP contribution in [0.25, 0.3) is 0 Å². The van der Waals surface area contributed by atoms with Crippen LogP contribution in [0.3, 0.4) is 0 Å². The third-order valence-electron chi connectivity index (χ3n) is 4.55. The molecule has 0 aliphatic rings. The van der Waals surface area contributed by atoms with Crippen LogP contribution in [0.4, 0.5) is 4.79 Å². The molecule has 1 rings (SSSR count). The van der Waals surface area contributed by atoms with E-state index >= 15 is 0 Å². The Hall–Kier alpha value is -1.55. The Morgan fingerprint density at radius 3 is 2.50 bits per heavy atom. The predicted octanol–water partition coefficient (Wildman–Crippen LogP) is 3.18. The largest absolute Gasteiger partial charge is 0.336 e. The van der Waals surface area contributed by atoms with Crippen molar-refractivity contribution in [2.75, 3.05) is 27.2 Å². The van der Waals surface area contributed by atoms with Crippen LogP contribution in [0.2, 0.25) is 0 Å². The molecule has 0 saturated heterocycles. The summed E-state index contributed by atoms with van der Waals surface area (Å²) in [6.45, 7) is 10.8. The van der Waals surface area contributed by atoms with Crippen LogP contribution < -0.4 is 5.32 Å². The van der Waals surface area contributed by atoms with Crippen LogP contribution in [-0.2, 0) is 6.54 Å². The van der Waals surface area contributed by atoms with Crippen molar-refractivity contribution in [3.8, 4) is 0 Å². The van der Waals surface area contributed by atoms with E-state index in [0.717, 1.165) is 13.0 Å². The van der Waals surface area contributed by atoms with Crippen molar-refractivity contribution in [2.24, 2.45) is 0 Å². The molecule has 1 aromatic rings. The number of amides is 2. The maximum atomic E-state index is 12.3. The molecule has 0 bridgehead atoms. The van der Waals surface area contributed by atoms with Gasteiger partial charge in [-0.2, -0.15) is 0 Å². The van der Waals surface area contributed by atoms with Gasteiger partial charge in [0.25, 0.3) is 0 Å². The molecule has 0 heterocycles. The van der Waals surface area contributed by atoms with E-state index in [1.165, 1.54) is 16.7 Å². The lowest BCUT2D eigenvalue weighted by atomic mass is 10.0. The zero-order chi connectivity index (χ0) is 16.7. The van der Waals surface area contributed by atoms with Crippen LogP contribution in [0.5, 0.6) is 0 Å². The first-order valence-corrected chi connectivity index (χ1v) is 8.14. The minimum atomic E-state index is -0.0103. The van der Waals surface area contributed by atoms with Crippen molar-refractivity contribution in [3.63, 3.8) is 0 Å². The molecule has 1 N–H and O–H groups in total. The quantitative estimate of drug-likeness (QED) is 0.840. The van der Waals surface area contributed by atoms with Gasteiger partial charge in [0.15, 0.2) is 0 Å². The molecule has 4 nitrogen and oxygen atoms in total. The number of hydrogen-bond acceptors (Lipinski definition) is 2. The molecule has 0 spiro atoms. The van der Waals surface area contributed by atoms with Crippen molar-refractivity contribution >= 4 is 6.03 Å². The normalized spacial score (nSPS) is 12.3. The highest BCUT2D eigenvalue weighted by atomic mass is 16.2. The first kappa shape index (κ1) is 18.5. The van der Waals surface area contributed by atoms with Gasteiger partial charge in [-0.25, -0.2) is 4.79 Å². The maximum Gasteiger partial charge on any atom is 0.317 e. The molecule has 124 valence electrons. The number of benzene rings is 1. The van der Waals surface area contributed by atoms with Gasteiger partial charge in [-0.05, 0) is 50.6 Å². The number of nitrogens with one attached hydrogen (secondary N) is 1. The van der Waals surface area contributed by atoms with E-state index in [4.69, 9.17) is 0 Å². The van der Waals surface area contributed by atoms with E-state index < -0.39 is 0 Å². The second kappa shape index (κ2) is 8.79.